The second-order valence-corrected chi connectivity index (χ2v) is 7.28. The maximum Gasteiger partial charge on any atom is 0.225 e. The van der Waals surface area contributed by atoms with Crippen LogP contribution in [-0.2, 0) is 4.79 Å². The minimum atomic E-state index is 0.281. The van der Waals surface area contributed by atoms with Gasteiger partial charge in [0.05, 0.1) is 0 Å². The van der Waals surface area contributed by atoms with E-state index in [2.05, 4.69) is 25.7 Å². The van der Waals surface area contributed by atoms with E-state index < -0.39 is 0 Å². The van der Waals surface area contributed by atoms with Crippen LogP contribution in [0, 0.1) is 17.3 Å². The molecule has 1 aliphatic carbocycles. The van der Waals surface area contributed by atoms with Crippen LogP contribution in [0.5, 0.6) is 0 Å². The SMILES string of the molecule is CC.CCCC1CC2(CCN(C(=O)C(CC)CCC)CC2)C1. The molecule has 0 bridgehead atoms. The monoisotopic (exact) mass is 309 g/mol. The fourth-order valence-electron chi connectivity index (χ4n) is 4.50. The Morgan fingerprint density at radius 1 is 1.09 bits per heavy atom. The van der Waals surface area contributed by atoms with E-state index in [0.717, 1.165) is 38.3 Å². The predicted molar refractivity (Wildman–Crippen MR) is 95.9 cm³/mol. The highest BCUT2D eigenvalue weighted by atomic mass is 16.2. The minimum absolute atomic E-state index is 0.281. The Balaban J connectivity index is 0.00000116. The van der Waals surface area contributed by atoms with Gasteiger partial charge < -0.3 is 4.90 Å². The fraction of sp³-hybridized carbons (Fsp3) is 0.950. The summed E-state index contributed by atoms with van der Waals surface area (Å²) in [7, 11) is 0. The van der Waals surface area contributed by atoms with Crippen molar-refractivity contribution in [3.8, 4) is 0 Å². The van der Waals surface area contributed by atoms with E-state index in [9.17, 15) is 4.79 Å². The standard InChI is InChI=1S/C18H33NO.C2H6/c1-4-7-15-13-18(14-15)9-11-19(12-10-18)17(20)16(6-3)8-5-2;1-2/h15-16H,4-14H2,1-3H3;1-2H3. The average Bonchev–Trinajstić information content (AvgIpc) is 2.53. The number of amides is 1. The topological polar surface area (TPSA) is 20.3 Å². The predicted octanol–water partition coefficient (Wildman–Crippen LogP) is 5.66. The van der Waals surface area contributed by atoms with Gasteiger partial charge >= 0.3 is 0 Å². The molecule has 1 amide bonds. The van der Waals surface area contributed by atoms with Crippen molar-refractivity contribution in [2.75, 3.05) is 13.1 Å². The Morgan fingerprint density at radius 2 is 1.68 bits per heavy atom. The molecule has 2 fully saturated rings. The van der Waals surface area contributed by atoms with E-state index in [0.29, 0.717) is 11.3 Å². The van der Waals surface area contributed by atoms with Gasteiger partial charge in [0.2, 0.25) is 5.91 Å². The van der Waals surface area contributed by atoms with Gasteiger partial charge in [-0.05, 0) is 49.9 Å². The lowest BCUT2D eigenvalue weighted by molar-refractivity contribution is -0.140. The summed E-state index contributed by atoms with van der Waals surface area (Å²) in [5.74, 6) is 1.71. The van der Waals surface area contributed by atoms with Crippen molar-refractivity contribution in [3.05, 3.63) is 0 Å². The molecule has 1 unspecified atom stereocenters. The molecule has 0 aromatic rings. The number of hydrogen-bond acceptors (Lipinski definition) is 1. The van der Waals surface area contributed by atoms with Gasteiger partial charge in [0.25, 0.3) is 0 Å². The first-order valence-electron chi connectivity index (χ1n) is 9.93. The van der Waals surface area contributed by atoms with Gasteiger partial charge in [-0.2, -0.15) is 0 Å². The molecular formula is C20H39NO. The maximum atomic E-state index is 12.5. The summed E-state index contributed by atoms with van der Waals surface area (Å²) < 4.78 is 0. The average molecular weight is 310 g/mol. The molecule has 0 aromatic carbocycles. The van der Waals surface area contributed by atoms with Crippen molar-refractivity contribution < 1.29 is 4.79 Å². The molecule has 22 heavy (non-hydrogen) atoms. The van der Waals surface area contributed by atoms with Crippen molar-refractivity contribution >= 4 is 5.91 Å². The van der Waals surface area contributed by atoms with Crippen LogP contribution in [0.3, 0.4) is 0 Å². The first kappa shape index (κ1) is 19.5. The zero-order valence-corrected chi connectivity index (χ0v) is 15.8. The number of hydrogen-bond donors (Lipinski definition) is 0. The highest BCUT2D eigenvalue weighted by Gasteiger charge is 2.45. The van der Waals surface area contributed by atoms with Crippen molar-refractivity contribution in [1.29, 1.82) is 0 Å². The van der Waals surface area contributed by atoms with E-state index in [-0.39, 0.29) is 5.92 Å². The first-order chi connectivity index (χ1) is 10.6. The van der Waals surface area contributed by atoms with E-state index in [1.165, 1.54) is 38.5 Å². The molecule has 1 saturated heterocycles. The van der Waals surface area contributed by atoms with Crippen molar-refractivity contribution in [1.82, 2.24) is 4.90 Å². The largest absolute Gasteiger partial charge is 0.342 e. The van der Waals surface area contributed by atoms with Crippen LogP contribution in [0.2, 0.25) is 0 Å². The van der Waals surface area contributed by atoms with Crippen molar-refractivity contribution in [2.24, 2.45) is 17.3 Å². The van der Waals surface area contributed by atoms with Crippen LogP contribution in [0.1, 0.15) is 92.4 Å². The quantitative estimate of drug-likeness (QED) is 0.620. The van der Waals surface area contributed by atoms with Crippen molar-refractivity contribution in [3.63, 3.8) is 0 Å². The van der Waals surface area contributed by atoms with Gasteiger partial charge in [0.1, 0.15) is 0 Å². The van der Waals surface area contributed by atoms with Gasteiger partial charge in [0, 0.05) is 19.0 Å². The fourth-order valence-corrected chi connectivity index (χ4v) is 4.50. The van der Waals surface area contributed by atoms with Crippen LogP contribution >= 0.6 is 0 Å². The van der Waals surface area contributed by atoms with E-state index in [4.69, 9.17) is 0 Å². The molecule has 0 N–H and O–H groups in total. The molecular weight excluding hydrogens is 270 g/mol. The number of carbonyl (C=O) groups excluding carboxylic acids is 1. The van der Waals surface area contributed by atoms with Crippen LogP contribution in [-0.4, -0.2) is 23.9 Å². The van der Waals surface area contributed by atoms with Gasteiger partial charge in [0.15, 0.2) is 0 Å². The van der Waals surface area contributed by atoms with Gasteiger partial charge in [-0.3, -0.25) is 4.79 Å². The lowest BCUT2D eigenvalue weighted by Gasteiger charge is -2.52. The number of likely N-dealkylation sites (tertiary alicyclic amines) is 1. The molecule has 1 aliphatic heterocycles. The zero-order valence-electron chi connectivity index (χ0n) is 15.8. The zero-order chi connectivity index (χ0) is 16.6. The van der Waals surface area contributed by atoms with Crippen molar-refractivity contribution in [2.45, 2.75) is 92.4 Å². The molecule has 1 heterocycles. The minimum Gasteiger partial charge on any atom is -0.342 e. The highest BCUT2D eigenvalue weighted by Crippen LogP contribution is 2.54. The molecule has 130 valence electrons. The highest BCUT2D eigenvalue weighted by molar-refractivity contribution is 5.78. The Hall–Kier alpha value is -0.530. The number of piperidine rings is 1. The Morgan fingerprint density at radius 3 is 2.14 bits per heavy atom. The normalized spacial score (nSPS) is 21.8. The van der Waals surface area contributed by atoms with E-state index in [1.807, 2.05) is 13.8 Å². The van der Waals surface area contributed by atoms with Gasteiger partial charge in [-0.15, -0.1) is 0 Å². The Labute approximate surface area is 139 Å². The first-order valence-corrected chi connectivity index (χ1v) is 9.93. The third-order valence-electron chi connectivity index (χ3n) is 5.76. The lowest BCUT2D eigenvalue weighted by atomic mass is 9.56. The summed E-state index contributed by atoms with van der Waals surface area (Å²) in [5, 5.41) is 0. The summed E-state index contributed by atoms with van der Waals surface area (Å²) in [6.07, 6.45) is 11.4. The second kappa shape index (κ2) is 9.57. The Bertz CT molecular complexity index is 310. The summed E-state index contributed by atoms with van der Waals surface area (Å²) in [6.45, 7) is 12.7. The maximum absolute atomic E-state index is 12.5. The van der Waals surface area contributed by atoms with Crippen LogP contribution in [0.25, 0.3) is 0 Å². The molecule has 2 rings (SSSR count). The second-order valence-electron chi connectivity index (χ2n) is 7.28. The third-order valence-corrected chi connectivity index (χ3v) is 5.76. The Kier molecular flexibility index (Phi) is 8.49. The summed E-state index contributed by atoms with van der Waals surface area (Å²) in [6, 6.07) is 0. The number of nitrogens with zero attached hydrogens (tertiary/aromatic N) is 1. The summed E-state index contributed by atoms with van der Waals surface area (Å²) in [5.41, 5.74) is 0.628. The van der Waals surface area contributed by atoms with Crippen LogP contribution in [0.15, 0.2) is 0 Å². The molecule has 2 nitrogen and oxygen atoms in total. The van der Waals surface area contributed by atoms with Crippen LogP contribution in [0.4, 0.5) is 0 Å². The van der Waals surface area contributed by atoms with E-state index >= 15 is 0 Å². The summed E-state index contributed by atoms with van der Waals surface area (Å²) >= 11 is 0. The number of carbonyl (C=O) groups is 1. The molecule has 1 spiro atoms. The molecule has 0 aromatic heterocycles. The summed E-state index contributed by atoms with van der Waals surface area (Å²) in [4.78, 5) is 14.7. The van der Waals surface area contributed by atoms with Gasteiger partial charge in [-0.25, -0.2) is 0 Å². The van der Waals surface area contributed by atoms with Crippen LogP contribution < -0.4 is 0 Å². The molecule has 1 atom stereocenters. The molecule has 0 radical (unpaired) electrons. The molecule has 1 saturated carbocycles. The molecule has 2 aliphatic rings. The van der Waals surface area contributed by atoms with E-state index in [1.54, 1.807) is 0 Å². The molecule has 2 heteroatoms. The third kappa shape index (κ3) is 4.73. The smallest absolute Gasteiger partial charge is 0.225 e. The lowest BCUT2D eigenvalue weighted by Crippen LogP contribution is -2.49. The number of rotatable bonds is 6. The van der Waals surface area contributed by atoms with Gasteiger partial charge in [-0.1, -0.05) is 53.9 Å².